The minimum atomic E-state index is -0.137. The standard InChI is InChI=1S/C16H16N2O2S2/c1-8-6-9(2)18-15(19)11(8)7-17-16(20)14-10(3)13-12(22-14)4-5-21-13/h4-6H,7H2,1-3H3,(H,17,20)(H,18,19). The number of nitrogens with one attached hydrogen (secondary N) is 2. The van der Waals surface area contributed by atoms with Crippen LogP contribution >= 0.6 is 22.7 Å². The molecular weight excluding hydrogens is 316 g/mol. The van der Waals surface area contributed by atoms with Crippen LogP contribution in [-0.2, 0) is 6.54 Å². The van der Waals surface area contributed by atoms with Crippen LogP contribution in [0.25, 0.3) is 9.40 Å². The summed E-state index contributed by atoms with van der Waals surface area (Å²) in [5.41, 5.74) is 3.20. The van der Waals surface area contributed by atoms with Crippen LogP contribution in [0.3, 0.4) is 0 Å². The first-order valence-corrected chi connectivity index (χ1v) is 8.61. The molecule has 0 saturated carbocycles. The van der Waals surface area contributed by atoms with Crippen LogP contribution in [0.2, 0.25) is 0 Å². The zero-order valence-electron chi connectivity index (χ0n) is 12.6. The minimum absolute atomic E-state index is 0.120. The SMILES string of the molecule is Cc1cc(C)c(CNC(=O)c2sc3ccsc3c2C)c(=O)[nH]1. The Morgan fingerprint density at radius 3 is 2.77 bits per heavy atom. The smallest absolute Gasteiger partial charge is 0.261 e. The summed E-state index contributed by atoms with van der Waals surface area (Å²) in [7, 11) is 0. The number of fused-ring (bicyclic) bond motifs is 1. The second kappa shape index (κ2) is 5.70. The van der Waals surface area contributed by atoms with Crippen molar-refractivity contribution in [2.45, 2.75) is 27.3 Å². The number of thiophene rings is 2. The molecule has 0 fully saturated rings. The third-order valence-electron chi connectivity index (χ3n) is 3.65. The fraction of sp³-hybridized carbons (Fsp3) is 0.250. The molecule has 0 bridgehead atoms. The van der Waals surface area contributed by atoms with Gasteiger partial charge in [0.15, 0.2) is 0 Å². The van der Waals surface area contributed by atoms with E-state index in [1.807, 2.05) is 38.3 Å². The molecule has 0 aliphatic rings. The second-order valence-electron chi connectivity index (χ2n) is 5.30. The van der Waals surface area contributed by atoms with E-state index in [0.29, 0.717) is 5.56 Å². The predicted octanol–water partition coefficient (Wildman–Crippen LogP) is 3.51. The number of pyridine rings is 1. The van der Waals surface area contributed by atoms with E-state index >= 15 is 0 Å². The summed E-state index contributed by atoms with van der Waals surface area (Å²) < 4.78 is 2.30. The van der Waals surface area contributed by atoms with Gasteiger partial charge in [-0.3, -0.25) is 9.59 Å². The summed E-state index contributed by atoms with van der Waals surface area (Å²) in [5, 5.41) is 4.90. The van der Waals surface area contributed by atoms with Gasteiger partial charge in [0, 0.05) is 27.2 Å². The van der Waals surface area contributed by atoms with Crippen LogP contribution < -0.4 is 10.9 Å². The number of aromatic nitrogens is 1. The molecule has 0 unspecified atom stereocenters. The highest BCUT2D eigenvalue weighted by Gasteiger charge is 2.16. The lowest BCUT2D eigenvalue weighted by Crippen LogP contribution is -2.27. The van der Waals surface area contributed by atoms with Crippen LogP contribution in [0.1, 0.15) is 32.1 Å². The van der Waals surface area contributed by atoms with Gasteiger partial charge in [-0.2, -0.15) is 0 Å². The number of rotatable bonds is 3. The highest BCUT2D eigenvalue weighted by Crippen LogP contribution is 2.34. The Hall–Kier alpha value is -1.92. The van der Waals surface area contributed by atoms with Gasteiger partial charge in [-0.25, -0.2) is 0 Å². The molecule has 3 aromatic heterocycles. The van der Waals surface area contributed by atoms with Gasteiger partial charge in [0.1, 0.15) is 0 Å². The van der Waals surface area contributed by atoms with E-state index in [-0.39, 0.29) is 18.0 Å². The average Bonchev–Trinajstić information content (AvgIpc) is 3.01. The molecule has 3 rings (SSSR count). The van der Waals surface area contributed by atoms with Gasteiger partial charge in [0.05, 0.1) is 4.88 Å². The number of aromatic amines is 1. The largest absolute Gasteiger partial charge is 0.347 e. The molecule has 6 heteroatoms. The summed E-state index contributed by atoms with van der Waals surface area (Å²) in [6, 6.07) is 3.94. The molecular formula is C16H16N2O2S2. The molecule has 22 heavy (non-hydrogen) atoms. The zero-order chi connectivity index (χ0) is 15.9. The highest BCUT2D eigenvalue weighted by molar-refractivity contribution is 7.28. The maximum atomic E-state index is 12.4. The van der Waals surface area contributed by atoms with Crippen molar-refractivity contribution in [3.8, 4) is 0 Å². The Morgan fingerprint density at radius 1 is 1.32 bits per heavy atom. The lowest BCUT2D eigenvalue weighted by molar-refractivity contribution is 0.0954. The topological polar surface area (TPSA) is 62.0 Å². The van der Waals surface area contributed by atoms with Crippen LogP contribution in [-0.4, -0.2) is 10.9 Å². The van der Waals surface area contributed by atoms with Crippen LogP contribution in [0, 0.1) is 20.8 Å². The first-order chi connectivity index (χ1) is 10.5. The van der Waals surface area contributed by atoms with Gasteiger partial charge in [-0.1, -0.05) is 0 Å². The van der Waals surface area contributed by atoms with Gasteiger partial charge in [0.2, 0.25) is 0 Å². The molecule has 0 saturated heterocycles. The van der Waals surface area contributed by atoms with Crippen molar-refractivity contribution < 1.29 is 4.79 Å². The molecule has 4 nitrogen and oxygen atoms in total. The zero-order valence-corrected chi connectivity index (χ0v) is 14.2. The number of carbonyl (C=O) groups excluding carboxylic acids is 1. The number of H-pyrrole nitrogens is 1. The predicted molar refractivity (Wildman–Crippen MR) is 92.1 cm³/mol. The molecule has 0 aromatic carbocycles. The van der Waals surface area contributed by atoms with Crippen molar-refractivity contribution in [2.24, 2.45) is 0 Å². The number of hydrogen-bond donors (Lipinski definition) is 2. The van der Waals surface area contributed by atoms with E-state index in [1.165, 1.54) is 16.0 Å². The Morgan fingerprint density at radius 2 is 2.09 bits per heavy atom. The van der Waals surface area contributed by atoms with Crippen LogP contribution in [0.5, 0.6) is 0 Å². The molecule has 0 aliphatic heterocycles. The summed E-state index contributed by atoms with van der Waals surface area (Å²) >= 11 is 3.15. The maximum absolute atomic E-state index is 12.4. The van der Waals surface area contributed by atoms with E-state index in [2.05, 4.69) is 10.3 Å². The highest BCUT2D eigenvalue weighted by atomic mass is 32.1. The third kappa shape index (κ3) is 2.60. The molecule has 3 aromatic rings. The molecule has 3 heterocycles. The van der Waals surface area contributed by atoms with Gasteiger partial charge in [0.25, 0.3) is 11.5 Å². The van der Waals surface area contributed by atoms with Crippen molar-refractivity contribution in [3.63, 3.8) is 0 Å². The first kappa shape index (κ1) is 15.0. The van der Waals surface area contributed by atoms with Gasteiger partial charge >= 0.3 is 0 Å². The number of carbonyl (C=O) groups is 1. The third-order valence-corrected chi connectivity index (χ3v) is 6.07. The number of hydrogen-bond acceptors (Lipinski definition) is 4. The lowest BCUT2D eigenvalue weighted by atomic mass is 10.1. The van der Waals surface area contributed by atoms with Crippen molar-refractivity contribution >= 4 is 38.0 Å². The fourth-order valence-electron chi connectivity index (χ4n) is 2.51. The molecule has 114 valence electrons. The normalized spacial score (nSPS) is 11.0. The molecule has 0 aliphatic carbocycles. The van der Waals surface area contributed by atoms with Gasteiger partial charge in [-0.15, -0.1) is 22.7 Å². The minimum Gasteiger partial charge on any atom is -0.347 e. The molecule has 0 atom stereocenters. The molecule has 1 amide bonds. The van der Waals surface area contributed by atoms with Gasteiger partial charge in [-0.05, 0) is 49.4 Å². The maximum Gasteiger partial charge on any atom is 0.261 e. The van der Waals surface area contributed by atoms with Crippen LogP contribution in [0.15, 0.2) is 22.3 Å². The van der Waals surface area contributed by atoms with Gasteiger partial charge < -0.3 is 10.3 Å². The first-order valence-electron chi connectivity index (χ1n) is 6.91. The van der Waals surface area contributed by atoms with Crippen molar-refractivity contribution in [3.05, 3.63) is 55.1 Å². The Balaban J connectivity index is 1.82. The summed E-state index contributed by atoms with van der Waals surface area (Å²) in [6.45, 7) is 5.94. The summed E-state index contributed by atoms with van der Waals surface area (Å²) in [5.74, 6) is -0.120. The average molecular weight is 332 g/mol. The second-order valence-corrected chi connectivity index (χ2v) is 7.26. The van der Waals surface area contributed by atoms with Crippen molar-refractivity contribution in [1.82, 2.24) is 10.3 Å². The Bertz CT molecular complexity index is 918. The van der Waals surface area contributed by atoms with Crippen molar-refractivity contribution in [1.29, 1.82) is 0 Å². The van der Waals surface area contributed by atoms with E-state index in [4.69, 9.17) is 0 Å². The fourth-order valence-corrected chi connectivity index (χ4v) is 4.75. The molecule has 2 N–H and O–H groups in total. The summed E-state index contributed by atoms with van der Waals surface area (Å²) in [4.78, 5) is 27.9. The van der Waals surface area contributed by atoms with E-state index in [1.54, 1.807) is 11.3 Å². The number of aryl methyl sites for hydroxylation is 3. The summed E-state index contributed by atoms with van der Waals surface area (Å²) in [6.07, 6.45) is 0. The van der Waals surface area contributed by atoms with Crippen LogP contribution in [0.4, 0.5) is 0 Å². The van der Waals surface area contributed by atoms with E-state index < -0.39 is 0 Å². The lowest BCUT2D eigenvalue weighted by Gasteiger charge is -2.08. The molecule has 0 radical (unpaired) electrons. The Kier molecular flexibility index (Phi) is 3.88. The Labute approximate surface area is 135 Å². The van der Waals surface area contributed by atoms with E-state index in [0.717, 1.165) is 26.4 Å². The molecule has 0 spiro atoms. The quantitative estimate of drug-likeness (QED) is 0.771. The monoisotopic (exact) mass is 332 g/mol. The van der Waals surface area contributed by atoms with Crippen molar-refractivity contribution in [2.75, 3.05) is 0 Å². The van der Waals surface area contributed by atoms with E-state index in [9.17, 15) is 9.59 Å². The number of amides is 1.